The Labute approximate surface area is 222 Å². The fourth-order valence-electron chi connectivity index (χ4n) is 3.87. The molecular weight excluding hydrogens is 513 g/mol. The molecule has 204 valence electrons. The van der Waals surface area contributed by atoms with Crippen LogP contribution < -0.4 is 19.6 Å². The number of carbonyl (C=O) groups is 1. The van der Waals surface area contributed by atoms with Gasteiger partial charge in [-0.3, -0.25) is 4.79 Å². The first-order chi connectivity index (χ1) is 18.7. The standard InChI is InChI=1S/C30H27F3O6/c1-3-4-5-6-16-36-21-12-10-20(11-13-21)29(35)38-23-14-15-24-25(18-23)39-28(30(31,32)33)27(26(24)34)37-22-9-7-8-19(2)17-22/h7-15,17-18H,3-6,16H2,1-2H3. The summed E-state index contributed by atoms with van der Waals surface area (Å²) in [5, 5.41) is -0.161. The van der Waals surface area contributed by atoms with Crippen molar-refractivity contribution in [2.24, 2.45) is 0 Å². The summed E-state index contributed by atoms with van der Waals surface area (Å²) in [6.45, 7) is 4.44. The normalized spacial score (nSPS) is 11.4. The molecule has 0 saturated heterocycles. The number of aryl methyl sites for hydroxylation is 1. The number of benzene rings is 3. The Kier molecular flexibility index (Phi) is 8.59. The van der Waals surface area contributed by atoms with E-state index in [9.17, 15) is 22.8 Å². The molecule has 0 aliphatic rings. The predicted octanol–water partition coefficient (Wildman–Crippen LogP) is 8.09. The molecule has 0 saturated carbocycles. The van der Waals surface area contributed by atoms with Gasteiger partial charge in [-0.25, -0.2) is 4.79 Å². The Morgan fingerprint density at radius 3 is 2.33 bits per heavy atom. The summed E-state index contributed by atoms with van der Waals surface area (Å²) in [5.41, 5.74) is -0.454. The predicted molar refractivity (Wildman–Crippen MR) is 140 cm³/mol. The van der Waals surface area contributed by atoms with Crippen LogP contribution in [-0.2, 0) is 6.18 Å². The van der Waals surface area contributed by atoms with Crippen LogP contribution in [0.1, 0.15) is 54.3 Å². The first-order valence-electron chi connectivity index (χ1n) is 12.5. The van der Waals surface area contributed by atoms with Gasteiger partial charge in [0.15, 0.2) is 0 Å². The number of unbranched alkanes of at least 4 members (excludes halogenated alkanes) is 3. The second-order valence-electron chi connectivity index (χ2n) is 8.99. The smallest absolute Gasteiger partial charge is 0.453 e. The maximum atomic E-state index is 13.8. The van der Waals surface area contributed by atoms with Gasteiger partial charge in [-0.15, -0.1) is 0 Å². The van der Waals surface area contributed by atoms with Crippen molar-refractivity contribution in [1.29, 1.82) is 0 Å². The van der Waals surface area contributed by atoms with E-state index < -0.39 is 34.7 Å². The molecule has 1 aromatic heterocycles. The quantitative estimate of drug-likeness (QED) is 0.115. The van der Waals surface area contributed by atoms with Gasteiger partial charge in [0.05, 0.1) is 17.6 Å². The van der Waals surface area contributed by atoms with Gasteiger partial charge < -0.3 is 18.6 Å². The van der Waals surface area contributed by atoms with E-state index in [1.54, 1.807) is 31.2 Å². The van der Waals surface area contributed by atoms with Crippen LogP contribution in [0.2, 0.25) is 0 Å². The van der Waals surface area contributed by atoms with Crippen molar-refractivity contribution in [1.82, 2.24) is 0 Å². The molecule has 0 N–H and O–H groups in total. The third-order valence-corrected chi connectivity index (χ3v) is 5.86. The molecular formula is C30H27F3O6. The Morgan fingerprint density at radius 1 is 0.897 bits per heavy atom. The number of hydrogen-bond acceptors (Lipinski definition) is 6. The highest BCUT2D eigenvalue weighted by Gasteiger charge is 2.40. The number of ether oxygens (including phenoxy) is 3. The fourth-order valence-corrected chi connectivity index (χ4v) is 3.87. The third kappa shape index (κ3) is 6.98. The van der Waals surface area contributed by atoms with Gasteiger partial charge >= 0.3 is 12.1 Å². The first-order valence-corrected chi connectivity index (χ1v) is 12.5. The first kappa shape index (κ1) is 27.8. The van der Waals surface area contributed by atoms with E-state index in [1.165, 1.54) is 36.4 Å². The Morgan fingerprint density at radius 2 is 1.64 bits per heavy atom. The lowest BCUT2D eigenvalue weighted by molar-refractivity contribution is -0.154. The van der Waals surface area contributed by atoms with Crippen molar-refractivity contribution in [3.05, 3.63) is 93.8 Å². The van der Waals surface area contributed by atoms with E-state index >= 15 is 0 Å². The number of rotatable bonds is 10. The van der Waals surface area contributed by atoms with Crippen LogP contribution in [0.15, 0.2) is 75.9 Å². The van der Waals surface area contributed by atoms with Gasteiger partial charge in [0.1, 0.15) is 22.8 Å². The molecule has 0 spiro atoms. The summed E-state index contributed by atoms with van der Waals surface area (Å²) < 4.78 is 62.9. The highest BCUT2D eigenvalue weighted by atomic mass is 19.4. The Hall–Kier alpha value is -4.27. The van der Waals surface area contributed by atoms with Crippen LogP contribution in [0, 0.1) is 6.92 Å². The minimum atomic E-state index is -5.01. The van der Waals surface area contributed by atoms with Crippen LogP contribution in [-0.4, -0.2) is 12.6 Å². The summed E-state index contributed by atoms with van der Waals surface area (Å²) in [6.07, 6.45) is -0.720. The second-order valence-corrected chi connectivity index (χ2v) is 8.99. The maximum Gasteiger partial charge on any atom is 0.453 e. The molecule has 0 fully saturated rings. The number of carbonyl (C=O) groups excluding carboxylic acids is 1. The minimum absolute atomic E-state index is 0.0608. The maximum absolute atomic E-state index is 13.8. The zero-order valence-corrected chi connectivity index (χ0v) is 21.5. The molecule has 0 bridgehead atoms. The van der Waals surface area contributed by atoms with Crippen LogP contribution in [0.5, 0.6) is 23.0 Å². The average molecular weight is 541 g/mol. The van der Waals surface area contributed by atoms with Crippen LogP contribution in [0.25, 0.3) is 11.0 Å². The fraction of sp³-hybridized carbons (Fsp3) is 0.267. The van der Waals surface area contributed by atoms with Gasteiger partial charge in [-0.05, 0) is 67.4 Å². The number of halogens is 3. The van der Waals surface area contributed by atoms with E-state index in [-0.39, 0.29) is 22.4 Å². The summed E-state index contributed by atoms with van der Waals surface area (Å²) in [5.74, 6) is -2.72. The number of esters is 1. The van der Waals surface area contributed by atoms with E-state index in [2.05, 4.69) is 6.92 Å². The lowest BCUT2D eigenvalue weighted by Crippen LogP contribution is -2.15. The molecule has 0 amide bonds. The molecule has 3 aromatic carbocycles. The molecule has 6 nitrogen and oxygen atoms in total. The van der Waals surface area contributed by atoms with Gasteiger partial charge in [-0.2, -0.15) is 13.2 Å². The molecule has 0 unspecified atom stereocenters. The van der Waals surface area contributed by atoms with Crippen molar-refractivity contribution < 1.29 is 36.6 Å². The molecule has 4 aromatic rings. The van der Waals surface area contributed by atoms with Gasteiger partial charge in [0, 0.05) is 6.07 Å². The largest absolute Gasteiger partial charge is 0.494 e. The number of hydrogen-bond donors (Lipinski definition) is 0. The van der Waals surface area contributed by atoms with Crippen LogP contribution >= 0.6 is 0 Å². The van der Waals surface area contributed by atoms with Crippen molar-refractivity contribution in [2.45, 2.75) is 45.7 Å². The molecule has 39 heavy (non-hydrogen) atoms. The minimum Gasteiger partial charge on any atom is -0.494 e. The monoisotopic (exact) mass is 540 g/mol. The average Bonchev–Trinajstić information content (AvgIpc) is 2.90. The Bertz CT molecular complexity index is 1510. The SMILES string of the molecule is CCCCCCOc1ccc(C(=O)Oc2ccc3c(=O)c(Oc4cccc(C)c4)c(C(F)(F)F)oc3c2)cc1. The molecule has 0 aliphatic carbocycles. The van der Waals surface area contributed by atoms with Crippen molar-refractivity contribution in [3.63, 3.8) is 0 Å². The third-order valence-electron chi connectivity index (χ3n) is 5.86. The summed E-state index contributed by atoms with van der Waals surface area (Å²) >= 11 is 0. The lowest BCUT2D eigenvalue weighted by atomic mass is 10.2. The highest BCUT2D eigenvalue weighted by molar-refractivity contribution is 5.91. The molecule has 1 heterocycles. The van der Waals surface area contributed by atoms with Gasteiger partial charge in [-0.1, -0.05) is 38.3 Å². The zero-order chi connectivity index (χ0) is 28.0. The van der Waals surface area contributed by atoms with Gasteiger partial charge in [0.2, 0.25) is 11.2 Å². The van der Waals surface area contributed by atoms with E-state index in [1.807, 2.05) is 0 Å². The molecule has 4 rings (SSSR count). The van der Waals surface area contributed by atoms with E-state index in [4.69, 9.17) is 18.6 Å². The van der Waals surface area contributed by atoms with E-state index in [0.29, 0.717) is 12.4 Å². The van der Waals surface area contributed by atoms with Crippen molar-refractivity contribution >= 4 is 16.9 Å². The number of fused-ring (bicyclic) bond motifs is 1. The highest BCUT2D eigenvalue weighted by Crippen LogP contribution is 2.38. The zero-order valence-electron chi connectivity index (χ0n) is 21.5. The van der Waals surface area contributed by atoms with Crippen molar-refractivity contribution in [3.8, 4) is 23.0 Å². The lowest BCUT2D eigenvalue weighted by Gasteiger charge is -2.14. The molecule has 9 heteroatoms. The topological polar surface area (TPSA) is 75.0 Å². The Balaban J connectivity index is 1.54. The molecule has 0 atom stereocenters. The summed E-state index contributed by atoms with van der Waals surface area (Å²) in [6, 6.07) is 16.2. The molecule has 0 radical (unpaired) electrons. The second kappa shape index (κ2) is 12.1. The van der Waals surface area contributed by atoms with Crippen molar-refractivity contribution in [2.75, 3.05) is 6.61 Å². The molecule has 0 aliphatic heterocycles. The van der Waals surface area contributed by atoms with Crippen LogP contribution in [0.4, 0.5) is 13.2 Å². The van der Waals surface area contributed by atoms with E-state index in [0.717, 1.165) is 37.3 Å². The summed E-state index contributed by atoms with van der Waals surface area (Å²) in [7, 11) is 0. The van der Waals surface area contributed by atoms with Crippen LogP contribution in [0.3, 0.4) is 0 Å². The number of alkyl halides is 3. The van der Waals surface area contributed by atoms with Gasteiger partial charge in [0.25, 0.3) is 5.76 Å². The summed E-state index contributed by atoms with van der Waals surface area (Å²) in [4.78, 5) is 25.6.